The van der Waals surface area contributed by atoms with Crippen LogP contribution in [0.1, 0.15) is 24.8 Å². The molecular formula is C25H25N3O5. The van der Waals surface area contributed by atoms with E-state index in [2.05, 4.69) is 5.32 Å². The summed E-state index contributed by atoms with van der Waals surface area (Å²) in [7, 11) is 0. The lowest BCUT2D eigenvalue weighted by Gasteiger charge is -2.30. The lowest BCUT2D eigenvalue weighted by Crippen LogP contribution is -2.48. The highest BCUT2D eigenvalue weighted by Crippen LogP contribution is 2.43. The molecule has 3 amide bonds. The molecular weight excluding hydrogens is 422 g/mol. The summed E-state index contributed by atoms with van der Waals surface area (Å²) in [6.45, 7) is 0.103. The molecule has 170 valence electrons. The average Bonchev–Trinajstić information content (AvgIpc) is 3.27. The molecule has 2 N–H and O–H groups in total. The van der Waals surface area contributed by atoms with Crippen molar-refractivity contribution in [2.75, 3.05) is 16.3 Å². The molecule has 0 aromatic heterocycles. The minimum atomic E-state index is -1.25. The summed E-state index contributed by atoms with van der Waals surface area (Å²) < 4.78 is 0. The quantitative estimate of drug-likeness (QED) is 0.662. The fraction of sp³-hybridized carbons (Fsp3) is 0.280. The molecule has 4 rings (SSSR count). The molecule has 2 aromatic rings. The minimum absolute atomic E-state index is 0.00229. The van der Waals surface area contributed by atoms with E-state index in [0.717, 1.165) is 18.1 Å². The summed E-state index contributed by atoms with van der Waals surface area (Å²) >= 11 is 0. The van der Waals surface area contributed by atoms with Gasteiger partial charge in [-0.2, -0.15) is 0 Å². The number of aliphatic carboxylic acids is 1. The van der Waals surface area contributed by atoms with E-state index in [1.165, 1.54) is 0 Å². The Morgan fingerprint density at radius 1 is 0.970 bits per heavy atom. The molecule has 0 unspecified atom stereocenters. The number of carbonyl (C=O) groups is 4. The molecule has 33 heavy (non-hydrogen) atoms. The van der Waals surface area contributed by atoms with Crippen LogP contribution in [0, 0.1) is 5.92 Å². The molecule has 1 heterocycles. The van der Waals surface area contributed by atoms with Crippen molar-refractivity contribution in [3.63, 3.8) is 0 Å². The van der Waals surface area contributed by atoms with Gasteiger partial charge >= 0.3 is 5.97 Å². The Bertz CT molecular complexity index is 1100. The lowest BCUT2D eigenvalue weighted by atomic mass is 10.0. The van der Waals surface area contributed by atoms with E-state index in [0.29, 0.717) is 36.8 Å². The molecule has 1 aliphatic carbocycles. The maximum atomic E-state index is 13.6. The topological polar surface area (TPSA) is 107 Å². The largest absolute Gasteiger partial charge is 0.478 e. The van der Waals surface area contributed by atoms with Gasteiger partial charge in [0.15, 0.2) is 0 Å². The van der Waals surface area contributed by atoms with Gasteiger partial charge in [0.2, 0.25) is 17.7 Å². The van der Waals surface area contributed by atoms with E-state index in [1.807, 2.05) is 54.6 Å². The first kappa shape index (κ1) is 22.3. The van der Waals surface area contributed by atoms with Gasteiger partial charge in [0.25, 0.3) is 0 Å². The molecule has 0 spiro atoms. The standard InChI is InChI=1S/C25H25N3O5/c29-22(13-14-24(31)32)26-15-23(30)28-19-12-6-9-18(19)25(33)27(16-17-7-2-1-3-8-17)20-10-4-5-11-21(20)28/h1-5,7-8,10-11,13-14,18-19H,6,9,12,15-16H2,(H,26,29)(H,31,32)/b14-13-/t18-,19+/m0/s1. The van der Waals surface area contributed by atoms with Gasteiger partial charge in [-0.15, -0.1) is 0 Å². The lowest BCUT2D eigenvalue weighted by molar-refractivity contribution is -0.131. The summed E-state index contributed by atoms with van der Waals surface area (Å²) in [5.41, 5.74) is 2.29. The molecule has 1 saturated carbocycles. The number of rotatable bonds is 6. The summed E-state index contributed by atoms with van der Waals surface area (Å²) in [5.74, 6) is -2.58. The molecule has 8 heteroatoms. The highest BCUT2D eigenvalue weighted by Gasteiger charge is 2.45. The van der Waals surface area contributed by atoms with Crippen LogP contribution in [-0.2, 0) is 25.7 Å². The molecule has 0 radical (unpaired) electrons. The van der Waals surface area contributed by atoms with Crippen LogP contribution >= 0.6 is 0 Å². The summed E-state index contributed by atoms with van der Waals surface area (Å²) in [5, 5.41) is 11.1. The number of amides is 3. The van der Waals surface area contributed by atoms with Crippen molar-refractivity contribution >= 4 is 35.1 Å². The second kappa shape index (κ2) is 9.68. The van der Waals surface area contributed by atoms with E-state index >= 15 is 0 Å². The van der Waals surface area contributed by atoms with Crippen LogP contribution in [0.25, 0.3) is 0 Å². The maximum absolute atomic E-state index is 13.6. The molecule has 1 fully saturated rings. The summed E-state index contributed by atoms with van der Waals surface area (Å²) in [4.78, 5) is 52.8. The number of hydrogen-bond acceptors (Lipinski definition) is 4. The second-order valence-electron chi connectivity index (χ2n) is 8.16. The van der Waals surface area contributed by atoms with Crippen LogP contribution in [0.5, 0.6) is 0 Å². The fourth-order valence-corrected chi connectivity index (χ4v) is 4.63. The highest BCUT2D eigenvalue weighted by atomic mass is 16.4. The number of para-hydroxylation sites is 2. The van der Waals surface area contributed by atoms with Crippen LogP contribution in [0.4, 0.5) is 11.4 Å². The number of carbonyl (C=O) groups excluding carboxylic acids is 3. The number of fused-ring (bicyclic) bond motifs is 2. The molecule has 0 bridgehead atoms. The number of nitrogens with one attached hydrogen (secondary N) is 1. The smallest absolute Gasteiger partial charge is 0.328 e. The van der Waals surface area contributed by atoms with E-state index in [4.69, 9.17) is 5.11 Å². The Morgan fingerprint density at radius 3 is 2.39 bits per heavy atom. The predicted molar refractivity (Wildman–Crippen MR) is 122 cm³/mol. The monoisotopic (exact) mass is 447 g/mol. The van der Waals surface area contributed by atoms with Crippen molar-refractivity contribution in [2.24, 2.45) is 5.92 Å². The Labute approximate surface area is 191 Å². The number of benzene rings is 2. The number of anilines is 2. The Balaban J connectivity index is 1.65. The zero-order chi connectivity index (χ0) is 23.4. The van der Waals surface area contributed by atoms with E-state index in [9.17, 15) is 19.2 Å². The van der Waals surface area contributed by atoms with Gasteiger partial charge in [-0.1, -0.05) is 48.9 Å². The van der Waals surface area contributed by atoms with Crippen LogP contribution in [0.3, 0.4) is 0 Å². The molecule has 2 aromatic carbocycles. The van der Waals surface area contributed by atoms with Crippen LogP contribution < -0.4 is 15.1 Å². The number of nitrogens with zero attached hydrogens (tertiary/aromatic N) is 2. The van der Waals surface area contributed by atoms with E-state index in [-0.39, 0.29) is 30.3 Å². The zero-order valence-corrected chi connectivity index (χ0v) is 18.0. The number of hydrogen-bond donors (Lipinski definition) is 2. The maximum Gasteiger partial charge on any atom is 0.328 e. The molecule has 2 atom stereocenters. The van der Waals surface area contributed by atoms with E-state index < -0.39 is 11.9 Å². The van der Waals surface area contributed by atoms with Crippen molar-refractivity contribution in [2.45, 2.75) is 31.8 Å². The SMILES string of the molecule is O=C(O)/C=C\C(=O)NCC(=O)N1c2ccccc2N(Cc2ccccc2)C(=O)[C@H]2CCC[C@H]21. The van der Waals surface area contributed by atoms with Crippen LogP contribution in [0.2, 0.25) is 0 Å². The molecule has 1 aliphatic heterocycles. The molecule has 8 nitrogen and oxygen atoms in total. The average molecular weight is 447 g/mol. The number of carboxylic acids is 1. The van der Waals surface area contributed by atoms with Gasteiger partial charge in [0.1, 0.15) is 0 Å². The van der Waals surface area contributed by atoms with Gasteiger partial charge in [-0.3, -0.25) is 14.4 Å². The third-order valence-corrected chi connectivity index (χ3v) is 6.07. The van der Waals surface area contributed by atoms with Crippen molar-refractivity contribution in [1.29, 1.82) is 0 Å². The van der Waals surface area contributed by atoms with Crippen LogP contribution in [-0.4, -0.2) is 41.4 Å². The third-order valence-electron chi connectivity index (χ3n) is 6.07. The molecule has 2 aliphatic rings. The normalized spacial score (nSPS) is 19.7. The van der Waals surface area contributed by atoms with Crippen molar-refractivity contribution < 1.29 is 24.3 Å². The van der Waals surface area contributed by atoms with Crippen molar-refractivity contribution in [1.82, 2.24) is 5.32 Å². The Kier molecular flexibility index (Phi) is 6.53. The minimum Gasteiger partial charge on any atom is -0.478 e. The molecule has 0 saturated heterocycles. The van der Waals surface area contributed by atoms with E-state index in [1.54, 1.807) is 9.80 Å². The fourth-order valence-electron chi connectivity index (χ4n) is 4.63. The highest BCUT2D eigenvalue weighted by molar-refractivity contribution is 6.08. The van der Waals surface area contributed by atoms with Crippen molar-refractivity contribution in [3.8, 4) is 0 Å². The van der Waals surface area contributed by atoms with Gasteiger partial charge in [0, 0.05) is 18.2 Å². The predicted octanol–water partition coefficient (Wildman–Crippen LogP) is 2.49. The van der Waals surface area contributed by atoms with Crippen molar-refractivity contribution in [3.05, 3.63) is 72.3 Å². The summed E-state index contributed by atoms with van der Waals surface area (Å²) in [6.07, 6.45) is 3.81. The van der Waals surface area contributed by atoms with Gasteiger partial charge in [0.05, 0.1) is 30.4 Å². The third kappa shape index (κ3) is 4.79. The zero-order valence-electron chi connectivity index (χ0n) is 18.0. The first-order valence-electron chi connectivity index (χ1n) is 10.9. The first-order valence-corrected chi connectivity index (χ1v) is 10.9. The Hall–Kier alpha value is -3.94. The van der Waals surface area contributed by atoms with Gasteiger partial charge in [-0.05, 0) is 30.5 Å². The summed E-state index contributed by atoms with van der Waals surface area (Å²) in [6, 6.07) is 16.8. The second-order valence-corrected chi connectivity index (χ2v) is 8.16. The van der Waals surface area contributed by atoms with Crippen LogP contribution in [0.15, 0.2) is 66.7 Å². The van der Waals surface area contributed by atoms with Gasteiger partial charge < -0.3 is 20.2 Å². The Morgan fingerprint density at radius 2 is 1.67 bits per heavy atom. The first-order chi connectivity index (χ1) is 16.0. The van der Waals surface area contributed by atoms with Gasteiger partial charge in [-0.25, -0.2) is 4.79 Å². The number of carboxylic acid groups (broad SMARTS) is 1.